The number of amides is 1. The molecule has 1 saturated carbocycles. The number of ether oxygens (including phenoxy) is 1. The SMILES string of the molecule is CC(O)c1cccc(-c2cnn3cc(-c4ccc(C5(NC(=O)OC(C)(C)C)CC5)cc4)cnc23)c1. The lowest BCUT2D eigenvalue weighted by Gasteiger charge is -2.23. The van der Waals surface area contributed by atoms with Gasteiger partial charge < -0.3 is 15.2 Å². The van der Waals surface area contributed by atoms with Gasteiger partial charge in [-0.2, -0.15) is 5.10 Å². The van der Waals surface area contributed by atoms with E-state index >= 15 is 0 Å². The van der Waals surface area contributed by atoms with Crippen molar-refractivity contribution >= 4 is 11.7 Å². The van der Waals surface area contributed by atoms with E-state index in [1.807, 2.05) is 69.6 Å². The molecular formula is C28H30N4O3. The van der Waals surface area contributed by atoms with Gasteiger partial charge in [-0.15, -0.1) is 0 Å². The van der Waals surface area contributed by atoms with Gasteiger partial charge >= 0.3 is 6.09 Å². The highest BCUT2D eigenvalue weighted by Gasteiger charge is 2.46. The van der Waals surface area contributed by atoms with Crippen molar-refractivity contribution in [2.45, 2.75) is 57.8 Å². The highest BCUT2D eigenvalue weighted by Crippen LogP contribution is 2.46. The van der Waals surface area contributed by atoms with Crippen molar-refractivity contribution < 1.29 is 14.6 Å². The summed E-state index contributed by atoms with van der Waals surface area (Å²) in [7, 11) is 0. The van der Waals surface area contributed by atoms with Crippen LogP contribution >= 0.6 is 0 Å². The van der Waals surface area contributed by atoms with Crippen LogP contribution in [0.4, 0.5) is 4.79 Å². The molecule has 1 aliphatic carbocycles. The first-order valence-corrected chi connectivity index (χ1v) is 11.9. The smallest absolute Gasteiger partial charge is 0.408 e. The Kier molecular flexibility index (Phi) is 5.60. The highest BCUT2D eigenvalue weighted by molar-refractivity contribution is 5.78. The average molecular weight is 471 g/mol. The summed E-state index contributed by atoms with van der Waals surface area (Å²) in [6.07, 6.45) is 6.48. The molecule has 2 aromatic carbocycles. The Hall–Kier alpha value is -3.71. The lowest BCUT2D eigenvalue weighted by Crippen LogP contribution is -2.39. The molecule has 0 saturated heterocycles. The fourth-order valence-electron chi connectivity index (χ4n) is 4.29. The van der Waals surface area contributed by atoms with Crippen LogP contribution in [0.2, 0.25) is 0 Å². The van der Waals surface area contributed by atoms with Crippen molar-refractivity contribution in [1.82, 2.24) is 19.9 Å². The normalized spacial score (nSPS) is 15.6. The topological polar surface area (TPSA) is 88.8 Å². The van der Waals surface area contributed by atoms with E-state index in [1.165, 1.54) is 0 Å². The molecule has 1 fully saturated rings. The summed E-state index contributed by atoms with van der Waals surface area (Å²) < 4.78 is 7.22. The maximum Gasteiger partial charge on any atom is 0.408 e. The molecule has 0 aliphatic heterocycles. The van der Waals surface area contributed by atoms with Gasteiger partial charge in [-0.3, -0.25) is 0 Å². The second-order valence-electron chi connectivity index (χ2n) is 10.3. The largest absolute Gasteiger partial charge is 0.444 e. The molecule has 2 N–H and O–H groups in total. The second kappa shape index (κ2) is 8.50. The number of hydrogen-bond acceptors (Lipinski definition) is 5. The Balaban J connectivity index is 1.37. The minimum Gasteiger partial charge on any atom is -0.444 e. The Bertz CT molecular complexity index is 1380. The minimum atomic E-state index is -0.534. The van der Waals surface area contributed by atoms with E-state index in [-0.39, 0.29) is 11.6 Å². The van der Waals surface area contributed by atoms with E-state index < -0.39 is 11.7 Å². The number of hydrogen-bond donors (Lipinski definition) is 2. The van der Waals surface area contributed by atoms with Crippen LogP contribution in [0.1, 0.15) is 57.8 Å². The summed E-state index contributed by atoms with van der Waals surface area (Å²) in [5.74, 6) is 0. The maximum atomic E-state index is 12.3. The summed E-state index contributed by atoms with van der Waals surface area (Å²) in [5.41, 5.74) is 5.65. The number of rotatable bonds is 5. The molecule has 5 rings (SSSR count). The van der Waals surface area contributed by atoms with E-state index in [1.54, 1.807) is 17.6 Å². The summed E-state index contributed by atoms with van der Waals surface area (Å²) >= 11 is 0. The predicted octanol–water partition coefficient (Wildman–Crippen LogP) is 5.63. The quantitative estimate of drug-likeness (QED) is 0.395. The molecule has 2 heterocycles. The number of fused-ring (bicyclic) bond motifs is 1. The van der Waals surface area contributed by atoms with Gasteiger partial charge in [-0.05, 0) is 68.9 Å². The number of alkyl carbamates (subject to hydrolysis) is 1. The van der Waals surface area contributed by atoms with Gasteiger partial charge in [-0.1, -0.05) is 42.5 Å². The second-order valence-corrected chi connectivity index (χ2v) is 10.3. The number of nitrogens with zero attached hydrogens (tertiary/aromatic N) is 3. The van der Waals surface area contributed by atoms with Crippen molar-refractivity contribution in [1.29, 1.82) is 0 Å². The van der Waals surface area contributed by atoms with E-state index in [9.17, 15) is 9.90 Å². The number of nitrogens with one attached hydrogen (secondary N) is 1. The number of aromatic nitrogens is 3. The first-order valence-electron chi connectivity index (χ1n) is 11.9. The number of carbonyl (C=O) groups is 1. The zero-order chi connectivity index (χ0) is 24.8. The number of aliphatic hydroxyl groups is 1. The molecule has 2 aromatic heterocycles. The van der Waals surface area contributed by atoms with Gasteiger partial charge in [0.15, 0.2) is 5.65 Å². The van der Waals surface area contributed by atoms with E-state index in [4.69, 9.17) is 4.74 Å². The fourth-order valence-corrected chi connectivity index (χ4v) is 4.29. The Morgan fingerprint density at radius 1 is 1.09 bits per heavy atom. The number of aliphatic hydroxyl groups excluding tert-OH is 1. The molecular weight excluding hydrogens is 440 g/mol. The molecule has 1 atom stereocenters. The van der Waals surface area contributed by atoms with Crippen molar-refractivity contribution in [3.05, 3.63) is 78.2 Å². The molecule has 1 amide bonds. The summed E-state index contributed by atoms with van der Waals surface area (Å²) in [6.45, 7) is 7.34. The van der Waals surface area contributed by atoms with Crippen molar-refractivity contribution in [2.24, 2.45) is 0 Å². The highest BCUT2D eigenvalue weighted by atomic mass is 16.6. The van der Waals surface area contributed by atoms with E-state index in [2.05, 4.69) is 27.5 Å². The Morgan fingerprint density at radius 3 is 2.49 bits per heavy atom. The van der Waals surface area contributed by atoms with Gasteiger partial charge in [-0.25, -0.2) is 14.3 Å². The Morgan fingerprint density at radius 2 is 1.83 bits per heavy atom. The predicted molar refractivity (Wildman–Crippen MR) is 135 cm³/mol. The van der Waals surface area contributed by atoms with Crippen LogP contribution in [0.25, 0.3) is 27.9 Å². The average Bonchev–Trinajstić information content (AvgIpc) is 3.46. The number of benzene rings is 2. The number of carbonyl (C=O) groups excluding carboxylic acids is 1. The van der Waals surface area contributed by atoms with Crippen LogP contribution in [0, 0.1) is 0 Å². The van der Waals surface area contributed by atoms with Crippen LogP contribution in [0.15, 0.2) is 67.1 Å². The minimum absolute atomic E-state index is 0.347. The zero-order valence-corrected chi connectivity index (χ0v) is 20.4. The molecule has 0 radical (unpaired) electrons. The molecule has 7 heteroatoms. The van der Waals surface area contributed by atoms with Gasteiger partial charge in [0.1, 0.15) is 5.60 Å². The molecule has 0 spiro atoms. The lowest BCUT2D eigenvalue weighted by molar-refractivity contribution is 0.0495. The lowest BCUT2D eigenvalue weighted by atomic mass is 10.0. The fraction of sp³-hybridized carbons (Fsp3) is 0.321. The summed E-state index contributed by atoms with van der Waals surface area (Å²) in [6, 6.07) is 16.0. The molecule has 180 valence electrons. The maximum absolute atomic E-state index is 12.3. The molecule has 7 nitrogen and oxygen atoms in total. The van der Waals surface area contributed by atoms with E-state index in [0.717, 1.165) is 51.9 Å². The van der Waals surface area contributed by atoms with Gasteiger partial charge in [0.05, 0.1) is 17.8 Å². The van der Waals surface area contributed by atoms with Crippen molar-refractivity contribution in [3.8, 4) is 22.3 Å². The summed E-state index contributed by atoms with van der Waals surface area (Å²) in [4.78, 5) is 17.0. The summed E-state index contributed by atoms with van der Waals surface area (Å²) in [5, 5.41) is 17.5. The van der Waals surface area contributed by atoms with Gasteiger partial charge in [0.25, 0.3) is 0 Å². The van der Waals surface area contributed by atoms with Gasteiger partial charge in [0, 0.05) is 23.5 Å². The molecule has 35 heavy (non-hydrogen) atoms. The van der Waals surface area contributed by atoms with Crippen LogP contribution in [-0.4, -0.2) is 31.4 Å². The van der Waals surface area contributed by atoms with Crippen molar-refractivity contribution in [2.75, 3.05) is 0 Å². The third kappa shape index (κ3) is 4.77. The van der Waals surface area contributed by atoms with Crippen LogP contribution in [-0.2, 0) is 10.3 Å². The third-order valence-corrected chi connectivity index (χ3v) is 6.30. The molecule has 1 unspecified atom stereocenters. The van der Waals surface area contributed by atoms with Gasteiger partial charge in [0.2, 0.25) is 0 Å². The first kappa shape index (κ1) is 23.1. The molecule has 1 aliphatic rings. The molecule has 0 bridgehead atoms. The third-order valence-electron chi connectivity index (χ3n) is 6.30. The monoisotopic (exact) mass is 470 g/mol. The first-order chi connectivity index (χ1) is 16.6. The molecule has 4 aromatic rings. The van der Waals surface area contributed by atoms with Crippen molar-refractivity contribution in [3.63, 3.8) is 0 Å². The van der Waals surface area contributed by atoms with Crippen LogP contribution < -0.4 is 5.32 Å². The van der Waals surface area contributed by atoms with E-state index in [0.29, 0.717) is 0 Å². The standard InChI is InChI=1S/C28H30N4O3/c1-18(33)20-6-5-7-21(14-20)24-16-30-32-17-22(15-29-25(24)32)19-8-10-23(11-9-19)28(12-13-28)31-26(34)35-27(2,3)4/h5-11,14-18,33H,12-13H2,1-4H3,(H,31,34). The van der Waals surface area contributed by atoms with Crippen LogP contribution in [0.3, 0.4) is 0 Å². The zero-order valence-electron chi connectivity index (χ0n) is 20.4. The van der Waals surface area contributed by atoms with Crippen LogP contribution in [0.5, 0.6) is 0 Å². The Labute approximate surface area is 204 Å².